The molecular formula is C22H25N. The Bertz CT molecular complexity index is 700. The van der Waals surface area contributed by atoms with E-state index in [0.717, 1.165) is 6.42 Å². The highest BCUT2D eigenvalue weighted by Gasteiger charge is 2.18. The SMILES string of the molecule is CC(C)(C)C1=CCC(Nc2ccc(-c3ccccc3)cc2)C=C1. The normalized spacial score (nSPS) is 17.7. The second-order valence-electron chi connectivity index (χ2n) is 7.20. The Hall–Kier alpha value is -2.28. The predicted octanol–water partition coefficient (Wildman–Crippen LogP) is 6.07. The van der Waals surface area contributed by atoms with Crippen LogP contribution in [0.4, 0.5) is 5.69 Å². The molecule has 1 unspecified atom stereocenters. The van der Waals surface area contributed by atoms with E-state index in [9.17, 15) is 0 Å². The van der Waals surface area contributed by atoms with E-state index in [4.69, 9.17) is 0 Å². The van der Waals surface area contributed by atoms with Gasteiger partial charge in [-0.25, -0.2) is 0 Å². The fourth-order valence-corrected chi connectivity index (χ4v) is 2.89. The van der Waals surface area contributed by atoms with Crippen LogP contribution in [0.15, 0.2) is 78.4 Å². The highest BCUT2D eigenvalue weighted by atomic mass is 14.9. The lowest BCUT2D eigenvalue weighted by molar-refractivity contribution is 0.511. The van der Waals surface area contributed by atoms with Crippen molar-refractivity contribution in [2.45, 2.75) is 33.2 Å². The lowest BCUT2D eigenvalue weighted by atomic mass is 9.83. The molecule has 1 atom stereocenters. The summed E-state index contributed by atoms with van der Waals surface area (Å²) in [5.41, 5.74) is 5.35. The van der Waals surface area contributed by atoms with E-state index < -0.39 is 0 Å². The van der Waals surface area contributed by atoms with E-state index in [1.165, 1.54) is 22.4 Å². The lowest BCUT2D eigenvalue weighted by Crippen LogP contribution is -2.20. The van der Waals surface area contributed by atoms with Gasteiger partial charge in [-0.2, -0.15) is 0 Å². The Balaban J connectivity index is 1.64. The molecule has 0 bridgehead atoms. The van der Waals surface area contributed by atoms with E-state index in [-0.39, 0.29) is 5.41 Å². The maximum absolute atomic E-state index is 3.60. The van der Waals surface area contributed by atoms with E-state index in [0.29, 0.717) is 6.04 Å². The minimum absolute atomic E-state index is 0.235. The molecule has 1 N–H and O–H groups in total. The van der Waals surface area contributed by atoms with Gasteiger partial charge in [0, 0.05) is 11.7 Å². The molecule has 0 radical (unpaired) electrons. The fraction of sp³-hybridized carbons (Fsp3) is 0.273. The van der Waals surface area contributed by atoms with Crippen LogP contribution < -0.4 is 5.32 Å². The van der Waals surface area contributed by atoms with Gasteiger partial charge in [0.05, 0.1) is 0 Å². The maximum Gasteiger partial charge on any atom is 0.0482 e. The number of benzene rings is 2. The zero-order valence-corrected chi connectivity index (χ0v) is 14.2. The molecule has 118 valence electrons. The molecule has 0 fully saturated rings. The van der Waals surface area contributed by atoms with E-state index in [1.54, 1.807) is 0 Å². The van der Waals surface area contributed by atoms with Crippen LogP contribution in [-0.2, 0) is 0 Å². The van der Waals surface area contributed by atoms with Crippen molar-refractivity contribution in [2.24, 2.45) is 5.41 Å². The van der Waals surface area contributed by atoms with Crippen molar-refractivity contribution >= 4 is 5.69 Å². The van der Waals surface area contributed by atoms with E-state index in [2.05, 4.69) is 92.8 Å². The molecular weight excluding hydrogens is 278 g/mol. The lowest BCUT2D eigenvalue weighted by Gasteiger charge is -2.26. The largest absolute Gasteiger partial charge is 0.379 e. The number of anilines is 1. The van der Waals surface area contributed by atoms with Crippen LogP contribution in [0.1, 0.15) is 27.2 Å². The van der Waals surface area contributed by atoms with Crippen LogP contribution in [0, 0.1) is 5.41 Å². The molecule has 0 saturated heterocycles. The van der Waals surface area contributed by atoms with Crippen LogP contribution in [0.3, 0.4) is 0 Å². The van der Waals surface area contributed by atoms with Gasteiger partial charge < -0.3 is 5.32 Å². The molecule has 2 aromatic carbocycles. The third kappa shape index (κ3) is 3.92. The summed E-state index contributed by atoms with van der Waals surface area (Å²) in [6, 6.07) is 19.6. The van der Waals surface area contributed by atoms with Crippen LogP contribution in [0.25, 0.3) is 11.1 Å². The van der Waals surface area contributed by atoms with Gasteiger partial charge in [-0.05, 0) is 40.7 Å². The van der Waals surface area contributed by atoms with Gasteiger partial charge in [-0.1, -0.05) is 81.5 Å². The average Bonchev–Trinajstić information content (AvgIpc) is 2.56. The van der Waals surface area contributed by atoms with Crippen LogP contribution in [0.2, 0.25) is 0 Å². The molecule has 0 aliphatic heterocycles. The standard InChI is InChI=1S/C22H25N/c1-22(2,3)19-11-15-21(16-12-19)23-20-13-9-18(10-14-20)17-7-5-4-6-8-17/h4-15,21,23H,16H2,1-3H3. The van der Waals surface area contributed by atoms with Crippen molar-refractivity contribution in [2.75, 3.05) is 5.32 Å². The zero-order valence-electron chi connectivity index (χ0n) is 14.2. The van der Waals surface area contributed by atoms with Crippen LogP contribution in [0.5, 0.6) is 0 Å². The molecule has 23 heavy (non-hydrogen) atoms. The fourth-order valence-electron chi connectivity index (χ4n) is 2.89. The summed E-state index contributed by atoms with van der Waals surface area (Å²) >= 11 is 0. The number of hydrogen-bond donors (Lipinski definition) is 1. The molecule has 0 amide bonds. The molecule has 3 rings (SSSR count). The monoisotopic (exact) mass is 303 g/mol. The Labute approximate surface area is 139 Å². The van der Waals surface area contributed by atoms with Gasteiger partial charge in [0.25, 0.3) is 0 Å². The highest BCUT2D eigenvalue weighted by molar-refractivity contribution is 5.66. The van der Waals surface area contributed by atoms with Crippen LogP contribution in [-0.4, -0.2) is 6.04 Å². The molecule has 2 aromatic rings. The Morgan fingerprint density at radius 3 is 2.09 bits per heavy atom. The second-order valence-corrected chi connectivity index (χ2v) is 7.20. The number of nitrogens with one attached hydrogen (secondary N) is 1. The summed E-state index contributed by atoms with van der Waals surface area (Å²) in [5.74, 6) is 0. The van der Waals surface area contributed by atoms with Gasteiger partial charge in [-0.3, -0.25) is 0 Å². The molecule has 1 aliphatic rings. The molecule has 0 saturated carbocycles. The van der Waals surface area contributed by atoms with E-state index >= 15 is 0 Å². The molecule has 0 heterocycles. The van der Waals surface area contributed by atoms with Crippen molar-refractivity contribution in [3.63, 3.8) is 0 Å². The van der Waals surface area contributed by atoms with Crippen molar-refractivity contribution in [1.82, 2.24) is 0 Å². The number of rotatable bonds is 3. The van der Waals surface area contributed by atoms with Gasteiger partial charge >= 0.3 is 0 Å². The minimum atomic E-state index is 0.235. The summed E-state index contributed by atoms with van der Waals surface area (Å²) in [6.45, 7) is 6.79. The maximum atomic E-state index is 3.60. The smallest absolute Gasteiger partial charge is 0.0482 e. The first kappa shape index (κ1) is 15.6. The van der Waals surface area contributed by atoms with Crippen molar-refractivity contribution in [3.8, 4) is 11.1 Å². The molecule has 1 nitrogen and oxygen atoms in total. The quantitative estimate of drug-likeness (QED) is 0.726. The van der Waals surface area contributed by atoms with Crippen molar-refractivity contribution in [3.05, 3.63) is 78.4 Å². The first-order valence-corrected chi connectivity index (χ1v) is 8.33. The van der Waals surface area contributed by atoms with Gasteiger partial charge in [-0.15, -0.1) is 0 Å². The number of hydrogen-bond acceptors (Lipinski definition) is 1. The number of allylic oxidation sites excluding steroid dienone is 2. The van der Waals surface area contributed by atoms with Crippen molar-refractivity contribution < 1.29 is 0 Å². The van der Waals surface area contributed by atoms with Gasteiger partial charge in [0.1, 0.15) is 0 Å². The predicted molar refractivity (Wildman–Crippen MR) is 101 cm³/mol. The summed E-state index contributed by atoms with van der Waals surface area (Å²) in [4.78, 5) is 0. The van der Waals surface area contributed by atoms with Gasteiger partial charge in [0.15, 0.2) is 0 Å². The summed E-state index contributed by atoms with van der Waals surface area (Å²) in [7, 11) is 0. The summed E-state index contributed by atoms with van der Waals surface area (Å²) < 4.78 is 0. The first-order chi connectivity index (χ1) is 11.0. The van der Waals surface area contributed by atoms with Crippen molar-refractivity contribution in [1.29, 1.82) is 0 Å². The average molecular weight is 303 g/mol. The summed E-state index contributed by atoms with van der Waals surface area (Å²) in [6.07, 6.45) is 7.95. The summed E-state index contributed by atoms with van der Waals surface area (Å²) in [5, 5.41) is 3.60. The molecule has 1 heteroatoms. The van der Waals surface area contributed by atoms with Crippen LogP contribution >= 0.6 is 0 Å². The molecule has 1 aliphatic carbocycles. The second kappa shape index (κ2) is 6.45. The highest BCUT2D eigenvalue weighted by Crippen LogP contribution is 2.30. The Morgan fingerprint density at radius 1 is 0.870 bits per heavy atom. The zero-order chi connectivity index (χ0) is 16.3. The molecule has 0 aromatic heterocycles. The minimum Gasteiger partial charge on any atom is -0.379 e. The first-order valence-electron chi connectivity index (χ1n) is 8.33. The Kier molecular flexibility index (Phi) is 4.38. The Morgan fingerprint density at radius 2 is 1.52 bits per heavy atom. The molecule has 0 spiro atoms. The third-order valence-electron chi connectivity index (χ3n) is 4.31. The van der Waals surface area contributed by atoms with E-state index in [1.807, 2.05) is 6.07 Å². The van der Waals surface area contributed by atoms with Gasteiger partial charge in [0.2, 0.25) is 0 Å². The topological polar surface area (TPSA) is 12.0 Å². The third-order valence-corrected chi connectivity index (χ3v) is 4.31.